The van der Waals surface area contributed by atoms with Crippen LogP contribution in [0.15, 0.2) is 35.3 Å². The highest BCUT2D eigenvalue weighted by molar-refractivity contribution is 5.76. The van der Waals surface area contributed by atoms with Gasteiger partial charge in [0.05, 0.1) is 36.8 Å². The van der Waals surface area contributed by atoms with Crippen LogP contribution in [0.2, 0.25) is 0 Å². The van der Waals surface area contributed by atoms with E-state index in [4.69, 9.17) is 4.74 Å². The van der Waals surface area contributed by atoms with Gasteiger partial charge in [-0.1, -0.05) is 6.92 Å². The van der Waals surface area contributed by atoms with Crippen molar-refractivity contribution in [1.29, 1.82) is 5.26 Å². The average Bonchev–Trinajstić information content (AvgIpc) is 3.19. The number of ether oxygens (including phenoxy) is 1. The molecule has 4 heterocycles. The largest absolute Gasteiger partial charge is 0.395 e. The molecule has 168 valence electrons. The molecule has 1 aromatic carbocycles. The fraction of sp³-hybridized carbons (Fsp3) is 0.333. The molecule has 9 nitrogen and oxygen atoms in total. The smallest absolute Gasteiger partial charge is 0.274 e. The summed E-state index contributed by atoms with van der Waals surface area (Å²) in [4.78, 5) is 21.7. The van der Waals surface area contributed by atoms with Crippen molar-refractivity contribution in [3.63, 3.8) is 0 Å². The molecule has 0 amide bonds. The molecule has 1 atom stereocenters. The molecule has 2 aliphatic heterocycles. The van der Waals surface area contributed by atoms with Gasteiger partial charge in [-0.05, 0) is 35.4 Å². The molecule has 0 spiro atoms. The highest BCUT2D eigenvalue weighted by Gasteiger charge is 2.36. The predicted molar refractivity (Wildman–Crippen MR) is 123 cm³/mol. The molecule has 3 aromatic rings. The monoisotopic (exact) mass is 444 g/mol. The topological polar surface area (TPSA) is 125 Å². The van der Waals surface area contributed by atoms with Crippen molar-refractivity contribution in [2.45, 2.75) is 25.4 Å². The number of benzene rings is 1. The summed E-state index contributed by atoms with van der Waals surface area (Å²) in [6, 6.07) is 9.52. The third-order valence-corrected chi connectivity index (χ3v) is 6.48. The number of aromatic nitrogens is 3. The molecule has 2 aliphatic rings. The minimum absolute atomic E-state index is 0.0385. The van der Waals surface area contributed by atoms with Crippen LogP contribution in [0.3, 0.4) is 0 Å². The van der Waals surface area contributed by atoms with Gasteiger partial charge in [0.15, 0.2) is 0 Å². The molecule has 33 heavy (non-hydrogen) atoms. The second-order valence-electron chi connectivity index (χ2n) is 8.72. The standard InChI is InChI=1S/C24H24N6O3/c1-24(13-31)12-27-21-15(10-25)7-14(8-17(21)24)18-3-5-26-23(28-18)29-19-9-16-11-33-6-4-20(16)30(2)22(19)32/h3,5,7-9,27,31H,4,6,11-13H2,1-2H3,(H,26,28,29)/t24-/m1/s1. The summed E-state index contributed by atoms with van der Waals surface area (Å²) < 4.78 is 7.18. The Balaban J connectivity index is 1.53. The fourth-order valence-electron chi connectivity index (χ4n) is 4.50. The zero-order chi connectivity index (χ0) is 23.2. The van der Waals surface area contributed by atoms with Crippen LogP contribution in [0.1, 0.15) is 29.3 Å². The van der Waals surface area contributed by atoms with Crippen molar-refractivity contribution in [3.05, 3.63) is 63.2 Å². The molecule has 0 bridgehead atoms. The number of rotatable bonds is 4. The summed E-state index contributed by atoms with van der Waals surface area (Å²) in [5.74, 6) is 0.281. The van der Waals surface area contributed by atoms with E-state index in [0.717, 1.165) is 28.1 Å². The number of fused-ring (bicyclic) bond motifs is 2. The summed E-state index contributed by atoms with van der Waals surface area (Å²) in [7, 11) is 1.76. The Labute approximate surface area is 190 Å². The fourth-order valence-corrected chi connectivity index (χ4v) is 4.50. The third-order valence-electron chi connectivity index (χ3n) is 6.48. The van der Waals surface area contributed by atoms with Gasteiger partial charge in [0.1, 0.15) is 11.8 Å². The molecule has 0 saturated carbocycles. The lowest BCUT2D eigenvalue weighted by Gasteiger charge is -2.21. The summed E-state index contributed by atoms with van der Waals surface area (Å²) in [6.07, 6.45) is 2.31. The van der Waals surface area contributed by atoms with Crippen LogP contribution in [-0.2, 0) is 30.2 Å². The average molecular weight is 444 g/mol. The lowest BCUT2D eigenvalue weighted by atomic mass is 9.83. The van der Waals surface area contributed by atoms with Gasteiger partial charge in [0.25, 0.3) is 5.56 Å². The Morgan fingerprint density at radius 3 is 3.03 bits per heavy atom. The summed E-state index contributed by atoms with van der Waals surface area (Å²) in [5.41, 5.74) is 5.17. The first kappa shape index (κ1) is 21.1. The molecule has 3 N–H and O–H groups in total. The molecule has 0 unspecified atom stereocenters. The molecular weight excluding hydrogens is 420 g/mol. The maximum Gasteiger partial charge on any atom is 0.274 e. The van der Waals surface area contributed by atoms with E-state index >= 15 is 0 Å². The maximum absolute atomic E-state index is 12.9. The minimum atomic E-state index is -0.484. The van der Waals surface area contributed by atoms with E-state index in [9.17, 15) is 15.2 Å². The van der Waals surface area contributed by atoms with Gasteiger partial charge in [-0.3, -0.25) is 4.79 Å². The maximum atomic E-state index is 12.9. The number of nitrogens with zero attached hydrogens (tertiary/aromatic N) is 4. The number of hydrogen-bond acceptors (Lipinski definition) is 8. The van der Waals surface area contributed by atoms with Crippen molar-refractivity contribution in [2.75, 3.05) is 30.4 Å². The van der Waals surface area contributed by atoms with Crippen molar-refractivity contribution in [3.8, 4) is 17.3 Å². The summed E-state index contributed by atoms with van der Waals surface area (Å²) >= 11 is 0. The predicted octanol–water partition coefficient (Wildman–Crippen LogP) is 2.21. The van der Waals surface area contributed by atoms with Crippen LogP contribution >= 0.6 is 0 Å². The van der Waals surface area contributed by atoms with E-state index in [0.29, 0.717) is 43.1 Å². The molecule has 9 heteroatoms. The second kappa shape index (κ2) is 7.99. The molecule has 5 rings (SSSR count). The van der Waals surface area contributed by atoms with Crippen LogP contribution in [0, 0.1) is 11.3 Å². The van der Waals surface area contributed by atoms with E-state index in [-0.39, 0.29) is 18.1 Å². The number of aliphatic hydroxyl groups is 1. The van der Waals surface area contributed by atoms with Crippen molar-refractivity contribution in [1.82, 2.24) is 14.5 Å². The summed E-state index contributed by atoms with van der Waals surface area (Å²) in [6.45, 7) is 3.54. The van der Waals surface area contributed by atoms with Crippen LogP contribution < -0.4 is 16.2 Å². The van der Waals surface area contributed by atoms with Crippen molar-refractivity contribution >= 4 is 17.3 Å². The van der Waals surface area contributed by atoms with Crippen LogP contribution in [0.5, 0.6) is 0 Å². The highest BCUT2D eigenvalue weighted by atomic mass is 16.5. The highest BCUT2D eigenvalue weighted by Crippen LogP contribution is 2.41. The zero-order valence-corrected chi connectivity index (χ0v) is 18.5. The number of nitriles is 1. The molecule has 0 aliphatic carbocycles. The number of anilines is 3. The van der Waals surface area contributed by atoms with E-state index in [1.165, 1.54) is 0 Å². The van der Waals surface area contributed by atoms with Gasteiger partial charge in [-0.15, -0.1) is 0 Å². The Morgan fingerprint density at radius 1 is 1.39 bits per heavy atom. The van der Waals surface area contributed by atoms with Gasteiger partial charge in [0.2, 0.25) is 5.95 Å². The summed E-state index contributed by atoms with van der Waals surface area (Å²) in [5, 5.41) is 25.9. The van der Waals surface area contributed by atoms with Gasteiger partial charge in [0, 0.05) is 42.9 Å². The molecule has 0 fully saturated rings. The first-order valence-electron chi connectivity index (χ1n) is 10.8. The Hall–Kier alpha value is -3.74. The van der Waals surface area contributed by atoms with Crippen molar-refractivity contribution in [2.24, 2.45) is 7.05 Å². The van der Waals surface area contributed by atoms with Crippen LogP contribution in [0.25, 0.3) is 11.3 Å². The lowest BCUT2D eigenvalue weighted by Crippen LogP contribution is -2.28. The Bertz CT molecular complexity index is 1360. The number of hydrogen-bond donors (Lipinski definition) is 3. The van der Waals surface area contributed by atoms with Gasteiger partial charge >= 0.3 is 0 Å². The first-order valence-corrected chi connectivity index (χ1v) is 10.8. The number of nitrogens with one attached hydrogen (secondary N) is 2. The lowest BCUT2D eigenvalue weighted by molar-refractivity contribution is 0.108. The molecule has 0 saturated heterocycles. The van der Waals surface area contributed by atoms with Gasteiger partial charge in [-0.2, -0.15) is 5.26 Å². The zero-order valence-electron chi connectivity index (χ0n) is 18.5. The van der Waals surface area contributed by atoms with E-state index < -0.39 is 5.41 Å². The molecule has 0 radical (unpaired) electrons. The second-order valence-corrected chi connectivity index (χ2v) is 8.72. The SMILES string of the molecule is Cn1c2c(cc(Nc3nccc(-c4cc(C#N)c5c(c4)[C@@](C)(CO)CN5)n3)c1=O)COCC2. The third kappa shape index (κ3) is 3.53. The molecule has 2 aromatic heterocycles. The minimum Gasteiger partial charge on any atom is -0.395 e. The molecular formula is C24H24N6O3. The van der Waals surface area contributed by atoms with E-state index in [1.54, 1.807) is 36.0 Å². The normalized spacial score (nSPS) is 18.7. The quantitative estimate of drug-likeness (QED) is 0.559. The number of pyridine rings is 1. The first-order chi connectivity index (χ1) is 15.9. The van der Waals surface area contributed by atoms with Gasteiger partial charge < -0.3 is 25.0 Å². The van der Waals surface area contributed by atoms with E-state index in [1.807, 2.05) is 13.0 Å². The van der Waals surface area contributed by atoms with E-state index in [2.05, 4.69) is 26.7 Å². The van der Waals surface area contributed by atoms with Gasteiger partial charge in [-0.25, -0.2) is 9.97 Å². The Kier molecular flexibility index (Phi) is 5.12. The Morgan fingerprint density at radius 2 is 2.24 bits per heavy atom. The van der Waals surface area contributed by atoms with Crippen LogP contribution in [-0.4, -0.2) is 39.4 Å². The number of aliphatic hydroxyl groups excluding tert-OH is 1. The van der Waals surface area contributed by atoms with Crippen molar-refractivity contribution < 1.29 is 9.84 Å². The van der Waals surface area contributed by atoms with Crippen LogP contribution in [0.4, 0.5) is 17.3 Å².